The number of nitrogens with zero attached hydrogens (tertiary/aromatic N) is 1. The van der Waals surface area contributed by atoms with Gasteiger partial charge in [0, 0.05) is 30.7 Å². The van der Waals surface area contributed by atoms with Crippen LogP contribution < -0.4 is 15.4 Å². The lowest BCUT2D eigenvalue weighted by Crippen LogP contribution is -2.45. The molecular formula is C22H24ClN3O5S. The Morgan fingerprint density at radius 1 is 1.31 bits per heavy atom. The molecule has 0 spiro atoms. The summed E-state index contributed by atoms with van der Waals surface area (Å²) < 4.78 is 33.5. The number of carbonyl (C=O) groups excluding carboxylic acids is 2. The second-order valence-corrected chi connectivity index (χ2v) is 10.3. The van der Waals surface area contributed by atoms with Crippen LogP contribution in [-0.2, 0) is 26.2 Å². The van der Waals surface area contributed by atoms with Crippen molar-refractivity contribution in [2.75, 3.05) is 25.0 Å². The summed E-state index contributed by atoms with van der Waals surface area (Å²) in [7, 11) is -3.84. The van der Waals surface area contributed by atoms with Crippen LogP contribution >= 0.6 is 11.6 Å². The Morgan fingerprint density at radius 3 is 2.88 bits per heavy atom. The summed E-state index contributed by atoms with van der Waals surface area (Å²) in [5.74, 6) is -0.610. The maximum absolute atomic E-state index is 13.4. The monoisotopic (exact) mass is 477 g/mol. The molecule has 0 aromatic heterocycles. The van der Waals surface area contributed by atoms with Crippen LogP contribution in [0.25, 0.3) is 0 Å². The third-order valence-corrected chi connectivity index (χ3v) is 8.07. The molecule has 2 aliphatic heterocycles. The molecule has 2 aromatic rings. The SMILES string of the molecule is Cc1cc2c(cc1S(=O)(=O)N1CCC[C@H](C(=O)NCc3ccccc3Cl)C1)OCC(=O)N2. The minimum atomic E-state index is -3.84. The minimum absolute atomic E-state index is 0.102. The molecule has 32 heavy (non-hydrogen) atoms. The summed E-state index contributed by atoms with van der Waals surface area (Å²) in [5, 5.41) is 6.12. The number of anilines is 1. The molecule has 1 saturated heterocycles. The molecule has 4 rings (SSSR count). The fraction of sp³-hybridized carbons (Fsp3) is 0.364. The Hall–Kier alpha value is -2.62. The second-order valence-electron chi connectivity index (χ2n) is 7.96. The van der Waals surface area contributed by atoms with E-state index in [1.165, 1.54) is 10.4 Å². The molecule has 2 heterocycles. The van der Waals surface area contributed by atoms with E-state index in [1.807, 2.05) is 18.2 Å². The van der Waals surface area contributed by atoms with Crippen molar-refractivity contribution in [3.63, 3.8) is 0 Å². The molecule has 1 atom stereocenters. The van der Waals surface area contributed by atoms with Crippen LogP contribution in [0.2, 0.25) is 5.02 Å². The third-order valence-electron chi connectivity index (χ3n) is 5.69. The molecule has 0 radical (unpaired) electrons. The lowest BCUT2D eigenvalue weighted by molar-refractivity contribution is -0.126. The normalized spacial score (nSPS) is 18.9. The average Bonchev–Trinajstić information content (AvgIpc) is 2.77. The van der Waals surface area contributed by atoms with E-state index >= 15 is 0 Å². The van der Waals surface area contributed by atoms with E-state index in [1.54, 1.807) is 19.1 Å². The topological polar surface area (TPSA) is 105 Å². The molecule has 2 amide bonds. The second kappa shape index (κ2) is 9.09. The molecule has 2 aliphatic rings. The summed E-state index contributed by atoms with van der Waals surface area (Å²) in [6.45, 7) is 2.24. The maximum Gasteiger partial charge on any atom is 0.262 e. The highest BCUT2D eigenvalue weighted by Gasteiger charge is 2.35. The van der Waals surface area contributed by atoms with Crippen molar-refractivity contribution < 1.29 is 22.7 Å². The van der Waals surface area contributed by atoms with E-state index in [2.05, 4.69) is 10.6 Å². The van der Waals surface area contributed by atoms with E-state index in [0.717, 1.165) is 5.56 Å². The predicted molar refractivity (Wildman–Crippen MR) is 120 cm³/mol. The molecule has 170 valence electrons. The van der Waals surface area contributed by atoms with Crippen LogP contribution in [-0.4, -0.2) is 44.2 Å². The lowest BCUT2D eigenvalue weighted by atomic mass is 9.99. The van der Waals surface area contributed by atoms with Gasteiger partial charge in [0.2, 0.25) is 15.9 Å². The molecule has 0 unspecified atom stereocenters. The number of amides is 2. The van der Waals surface area contributed by atoms with Gasteiger partial charge in [-0.3, -0.25) is 9.59 Å². The van der Waals surface area contributed by atoms with Gasteiger partial charge in [-0.2, -0.15) is 4.31 Å². The van der Waals surface area contributed by atoms with Gasteiger partial charge < -0.3 is 15.4 Å². The first-order valence-electron chi connectivity index (χ1n) is 10.3. The zero-order valence-corrected chi connectivity index (χ0v) is 19.1. The van der Waals surface area contributed by atoms with E-state index in [0.29, 0.717) is 41.4 Å². The van der Waals surface area contributed by atoms with Crippen LogP contribution in [0.1, 0.15) is 24.0 Å². The van der Waals surface area contributed by atoms with E-state index in [4.69, 9.17) is 16.3 Å². The number of nitrogens with one attached hydrogen (secondary N) is 2. The highest BCUT2D eigenvalue weighted by molar-refractivity contribution is 7.89. The van der Waals surface area contributed by atoms with Crippen LogP contribution in [0, 0.1) is 12.8 Å². The van der Waals surface area contributed by atoms with Gasteiger partial charge >= 0.3 is 0 Å². The van der Waals surface area contributed by atoms with Crippen molar-refractivity contribution in [2.45, 2.75) is 31.2 Å². The first kappa shape index (κ1) is 22.6. The molecule has 2 aromatic carbocycles. The van der Waals surface area contributed by atoms with E-state index < -0.39 is 15.9 Å². The van der Waals surface area contributed by atoms with Gasteiger partial charge in [0.25, 0.3) is 5.91 Å². The number of sulfonamides is 1. The van der Waals surface area contributed by atoms with Crippen LogP contribution in [0.15, 0.2) is 41.3 Å². The van der Waals surface area contributed by atoms with Crippen LogP contribution in [0.4, 0.5) is 5.69 Å². The number of hydrogen-bond acceptors (Lipinski definition) is 5. The van der Waals surface area contributed by atoms with Crippen molar-refractivity contribution >= 4 is 39.1 Å². The number of carbonyl (C=O) groups is 2. The number of piperidine rings is 1. The summed E-state index contributed by atoms with van der Waals surface area (Å²) in [4.78, 5) is 24.4. The Balaban J connectivity index is 1.48. The van der Waals surface area contributed by atoms with Crippen LogP contribution in [0.5, 0.6) is 5.75 Å². The fourth-order valence-electron chi connectivity index (χ4n) is 3.98. The van der Waals surface area contributed by atoms with Crippen molar-refractivity contribution in [2.24, 2.45) is 5.92 Å². The van der Waals surface area contributed by atoms with Gasteiger partial charge in [0.15, 0.2) is 6.61 Å². The number of fused-ring (bicyclic) bond motifs is 1. The third kappa shape index (κ3) is 4.60. The zero-order chi connectivity index (χ0) is 22.9. The van der Waals surface area contributed by atoms with Crippen molar-refractivity contribution in [1.82, 2.24) is 9.62 Å². The number of aryl methyl sites for hydroxylation is 1. The molecule has 0 saturated carbocycles. The van der Waals surface area contributed by atoms with Gasteiger partial charge in [-0.15, -0.1) is 0 Å². The lowest BCUT2D eigenvalue weighted by Gasteiger charge is -2.32. The Kier molecular flexibility index (Phi) is 6.41. The van der Waals surface area contributed by atoms with Crippen molar-refractivity contribution in [3.8, 4) is 5.75 Å². The molecule has 8 nitrogen and oxygen atoms in total. The van der Waals surface area contributed by atoms with Gasteiger partial charge in [-0.05, 0) is 43.0 Å². The fourth-order valence-corrected chi connectivity index (χ4v) is 5.92. The molecule has 1 fully saturated rings. The zero-order valence-electron chi connectivity index (χ0n) is 17.6. The number of ether oxygens (including phenoxy) is 1. The van der Waals surface area contributed by atoms with Gasteiger partial charge in [-0.25, -0.2) is 8.42 Å². The summed E-state index contributed by atoms with van der Waals surface area (Å²) in [5.41, 5.74) is 1.76. The Bertz CT molecular complexity index is 1170. The molecular weight excluding hydrogens is 454 g/mol. The molecule has 0 bridgehead atoms. The Labute approximate surface area is 191 Å². The quantitative estimate of drug-likeness (QED) is 0.689. The van der Waals surface area contributed by atoms with Gasteiger partial charge in [-0.1, -0.05) is 29.8 Å². The van der Waals surface area contributed by atoms with E-state index in [-0.39, 0.29) is 36.4 Å². The van der Waals surface area contributed by atoms with Crippen molar-refractivity contribution in [3.05, 3.63) is 52.5 Å². The summed E-state index contributed by atoms with van der Waals surface area (Å²) in [6.07, 6.45) is 1.19. The van der Waals surface area contributed by atoms with Crippen molar-refractivity contribution in [1.29, 1.82) is 0 Å². The van der Waals surface area contributed by atoms with Gasteiger partial charge in [0.1, 0.15) is 5.75 Å². The number of benzene rings is 2. The maximum atomic E-state index is 13.4. The standard InChI is InChI=1S/C22H24ClN3O5S/c1-14-9-18-19(31-13-21(27)25-18)10-20(14)32(29,30)26-8-4-6-16(12-26)22(28)24-11-15-5-2-3-7-17(15)23/h2-3,5,7,9-10,16H,4,6,8,11-13H2,1H3,(H,24,28)(H,25,27)/t16-/m0/s1. The summed E-state index contributed by atoms with van der Waals surface area (Å²) in [6, 6.07) is 10.3. The first-order chi connectivity index (χ1) is 15.3. The molecule has 10 heteroatoms. The highest BCUT2D eigenvalue weighted by atomic mass is 35.5. The smallest absolute Gasteiger partial charge is 0.262 e. The van der Waals surface area contributed by atoms with E-state index in [9.17, 15) is 18.0 Å². The minimum Gasteiger partial charge on any atom is -0.482 e. The number of rotatable bonds is 5. The molecule has 2 N–H and O–H groups in total. The number of hydrogen-bond donors (Lipinski definition) is 2. The molecule has 0 aliphatic carbocycles. The van der Waals surface area contributed by atoms with Crippen LogP contribution in [0.3, 0.4) is 0 Å². The summed E-state index contributed by atoms with van der Waals surface area (Å²) >= 11 is 6.15. The predicted octanol–water partition coefficient (Wildman–Crippen LogP) is 2.70. The number of halogens is 1. The largest absolute Gasteiger partial charge is 0.482 e. The first-order valence-corrected chi connectivity index (χ1v) is 12.2. The average molecular weight is 478 g/mol. The highest BCUT2D eigenvalue weighted by Crippen LogP contribution is 2.35. The Morgan fingerprint density at radius 2 is 2.09 bits per heavy atom. The van der Waals surface area contributed by atoms with Gasteiger partial charge in [0.05, 0.1) is 16.5 Å².